The lowest BCUT2D eigenvalue weighted by Gasteiger charge is -2.18. The number of carbonyl (C=O) groups is 1. The Morgan fingerprint density at radius 1 is 1.33 bits per heavy atom. The van der Waals surface area contributed by atoms with Gasteiger partial charge in [0.25, 0.3) is 0 Å². The zero-order valence-corrected chi connectivity index (χ0v) is 7.45. The molecule has 0 aromatic rings. The van der Waals surface area contributed by atoms with Gasteiger partial charge in [-0.25, -0.2) is 4.79 Å². The topological polar surface area (TPSA) is 35.5 Å². The zero-order chi connectivity index (χ0) is 9.56. The van der Waals surface area contributed by atoms with Gasteiger partial charge < -0.3 is 9.47 Å². The number of rotatable bonds is 5. The molecule has 0 fully saturated rings. The molecule has 2 atom stereocenters. The Hall–Kier alpha value is -1.25. The normalized spacial score (nSPS) is 14.2. The molecule has 68 valence electrons. The van der Waals surface area contributed by atoms with Crippen LogP contribution in [0.1, 0.15) is 13.8 Å². The highest BCUT2D eigenvalue weighted by atomic mass is 16.6. The van der Waals surface area contributed by atoms with Gasteiger partial charge >= 0.3 is 5.97 Å². The van der Waals surface area contributed by atoms with Crippen molar-refractivity contribution in [3.63, 3.8) is 0 Å². The van der Waals surface area contributed by atoms with Gasteiger partial charge in [-0.05, 0) is 13.8 Å². The maximum Gasteiger partial charge on any atom is 0.330 e. The Morgan fingerprint density at radius 3 is 2.33 bits per heavy atom. The average molecular weight is 170 g/mol. The zero-order valence-electron chi connectivity index (χ0n) is 7.45. The summed E-state index contributed by atoms with van der Waals surface area (Å²) in [5.41, 5.74) is 0. The summed E-state index contributed by atoms with van der Waals surface area (Å²) in [5.74, 6) is -0.443. The summed E-state index contributed by atoms with van der Waals surface area (Å²) < 4.78 is 9.89. The van der Waals surface area contributed by atoms with Crippen LogP contribution >= 0.6 is 0 Å². The van der Waals surface area contributed by atoms with Crippen LogP contribution in [0.25, 0.3) is 0 Å². The molecular formula is C9H14O3. The fourth-order valence-electron chi connectivity index (χ4n) is 0.590. The van der Waals surface area contributed by atoms with E-state index >= 15 is 0 Å². The van der Waals surface area contributed by atoms with E-state index in [1.807, 2.05) is 0 Å². The summed E-state index contributed by atoms with van der Waals surface area (Å²) in [4.78, 5) is 10.7. The Kier molecular flexibility index (Phi) is 4.84. The molecule has 2 unspecified atom stereocenters. The minimum atomic E-state index is -0.443. The van der Waals surface area contributed by atoms with E-state index in [2.05, 4.69) is 13.2 Å². The van der Waals surface area contributed by atoms with Crippen molar-refractivity contribution in [2.45, 2.75) is 26.1 Å². The molecular weight excluding hydrogens is 156 g/mol. The number of hydrogen-bond acceptors (Lipinski definition) is 3. The molecule has 0 radical (unpaired) electrons. The van der Waals surface area contributed by atoms with Crippen LogP contribution in [0.3, 0.4) is 0 Å². The van der Waals surface area contributed by atoms with Crippen LogP contribution in [-0.2, 0) is 14.3 Å². The smallest absolute Gasteiger partial charge is 0.330 e. The van der Waals surface area contributed by atoms with Gasteiger partial charge in [-0.1, -0.05) is 13.2 Å². The lowest BCUT2D eigenvalue weighted by Crippen LogP contribution is -2.26. The third kappa shape index (κ3) is 3.81. The first kappa shape index (κ1) is 10.8. The van der Waals surface area contributed by atoms with Gasteiger partial charge in [-0.15, -0.1) is 0 Å². The summed E-state index contributed by atoms with van der Waals surface area (Å²) in [6.07, 6.45) is 1.96. The predicted octanol–water partition coefficient (Wildman–Crippen LogP) is 1.65. The molecule has 0 N–H and O–H groups in total. The van der Waals surface area contributed by atoms with Crippen molar-refractivity contribution in [3.05, 3.63) is 25.5 Å². The highest BCUT2D eigenvalue weighted by Crippen LogP contribution is 2.03. The molecule has 0 aliphatic rings. The number of esters is 1. The average Bonchev–Trinajstić information content (AvgIpc) is 2.04. The van der Waals surface area contributed by atoms with E-state index in [9.17, 15) is 4.79 Å². The first-order chi connectivity index (χ1) is 5.61. The molecule has 0 heterocycles. The van der Waals surface area contributed by atoms with Crippen LogP contribution in [0.2, 0.25) is 0 Å². The van der Waals surface area contributed by atoms with Gasteiger partial charge in [0.2, 0.25) is 0 Å². The van der Waals surface area contributed by atoms with E-state index in [4.69, 9.17) is 9.47 Å². The van der Waals surface area contributed by atoms with E-state index in [-0.39, 0.29) is 12.2 Å². The quantitative estimate of drug-likeness (QED) is 0.357. The minimum Gasteiger partial charge on any atom is -0.495 e. The summed E-state index contributed by atoms with van der Waals surface area (Å²) >= 11 is 0. The van der Waals surface area contributed by atoms with Crippen LogP contribution in [-0.4, -0.2) is 18.2 Å². The molecule has 0 bridgehead atoms. The van der Waals surface area contributed by atoms with Crippen molar-refractivity contribution in [1.82, 2.24) is 0 Å². The second-order valence-corrected chi connectivity index (χ2v) is 2.35. The molecule has 0 aliphatic carbocycles. The van der Waals surface area contributed by atoms with Crippen LogP contribution in [0.5, 0.6) is 0 Å². The monoisotopic (exact) mass is 170 g/mol. The summed E-state index contributed by atoms with van der Waals surface area (Å²) in [6, 6.07) is 0. The molecule has 0 aliphatic heterocycles. The highest BCUT2D eigenvalue weighted by molar-refractivity contribution is 5.81. The fraction of sp³-hybridized carbons (Fsp3) is 0.444. The summed E-state index contributed by atoms with van der Waals surface area (Å²) in [6.45, 7) is 10.2. The van der Waals surface area contributed by atoms with Crippen molar-refractivity contribution < 1.29 is 14.3 Å². The van der Waals surface area contributed by atoms with E-state index in [0.717, 1.165) is 6.08 Å². The van der Waals surface area contributed by atoms with Crippen LogP contribution in [0, 0.1) is 0 Å². The van der Waals surface area contributed by atoms with Crippen LogP contribution in [0.15, 0.2) is 25.5 Å². The third-order valence-electron chi connectivity index (χ3n) is 1.44. The van der Waals surface area contributed by atoms with E-state index in [1.54, 1.807) is 13.8 Å². The SMILES string of the molecule is C=COC(C)C(C)OC(=O)C=C. The molecule has 0 amide bonds. The van der Waals surface area contributed by atoms with Gasteiger partial charge in [0.1, 0.15) is 12.2 Å². The van der Waals surface area contributed by atoms with Crippen molar-refractivity contribution >= 4 is 5.97 Å². The Labute approximate surface area is 72.7 Å². The number of ether oxygens (including phenoxy) is 2. The fourth-order valence-corrected chi connectivity index (χ4v) is 0.590. The maximum atomic E-state index is 10.7. The van der Waals surface area contributed by atoms with Crippen LogP contribution in [0.4, 0.5) is 0 Å². The summed E-state index contributed by atoms with van der Waals surface area (Å²) in [5, 5.41) is 0. The van der Waals surface area contributed by atoms with Gasteiger partial charge in [-0.2, -0.15) is 0 Å². The molecule has 12 heavy (non-hydrogen) atoms. The Balaban J connectivity index is 3.84. The molecule has 3 nitrogen and oxygen atoms in total. The molecule has 0 spiro atoms. The van der Waals surface area contributed by atoms with E-state index < -0.39 is 5.97 Å². The summed E-state index contributed by atoms with van der Waals surface area (Å²) in [7, 11) is 0. The predicted molar refractivity (Wildman–Crippen MR) is 46.5 cm³/mol. The second-order valence-electron chi connectivity index (χ2n) is 2.35. The van der Waals surface area contributed by atoms with Gasteiger partial charge in [0, 0.05) is 6.08 Å². The van der Waals surface area contributed by atoms with Gasteiger partial charge in [0.15, 0.2) is 0 Å². The van der Waals surface area contributed by atoms with E-state index in [1.165, 1.54) is 6.26 Å². The molecule has 0 aromatic carbocycles. The Bertz CT molecular complexity index is 175. The van der Waals surface area contributed by atoms with Gasteiger partial charge in [-0.3, -0.25) is 0 Å². The van der Waals surface area contributed by atoms with E-state index in [0.29, 0.717) is 0 Å². The standard InChI is InChI=1S/C9H14O3/c1-5-9(10)12-8(4)7(3)11-6-2/h5-8H,1-2H2,3-4H3. The van der Waals surface area contributed by atoms with Crippen molar-refractivity contribution in [1.29, 1.82) is 0 Å². The lowest BCUT2D eigenvalue weighted by atomic mass is 10.2. The minimum absolute atomic E-state index is 0.189. The van der Waals surface area contributed by atoms with Gasteiger partial charge in [0.05, 0.1) is 6.26 Å². The van der Waals surface area contributed by atoms with Crippen LogP contribution < -0.4 is 0 Å². The highest BCUT2D eigenvalue weighted by Gasteiger charge is 2.14. The number of carbonyl (C=O) groups excluding carboxylic acids is 1. The maximum absolute atomic E-state index is 10.7. The third-order valence-corrected chi connectivity index (χ3v) is 1.44. The molecule has 3 heteroatoms. The first-order valence-corrected chi connectivity index (χ1v) is 3.71. The molecule has 0 saturated carbocycles. The molecule has 0 aromatic heterocycles. The largest absolute Gasteiger partial charge is 0.495 e. The second kappa shape index (κ2) is 5.41. The number of hydrogen-bond donors (Lipinski definition) is 0. The van der Waals surface area contributed by atoms with Crippen molar-refractivity contribution in [3.8, 4) is 0 Å². The van der Waals surface area contributed by atoms with Crippen molar-refractivity contribution in [2.24, 2.45) is 0 Å². The molecule has 0 rings (SSSR count). The molecule has 0 saturated heterocycles. The Morgan fingerprint density at radius 2 is 1.92 bits per heavy atom. The van der Waals surface area contributed by atoms with Crippen molar-refractivity contribution in [2.75, 3.05) is 0 Å². The first-order valence-electron chi connectivity index (χ1n) is 3.71. The lowest BCUT2D eigenvalue weighted by molar-refractivity contribution is -0.147.